The maximum Gasteiger partial charge on any atom is 0.223 e. The second kappa shape index (κ2) is 10.3. The van der Waals surface area contributed by atoms with Gasteiger partial charge < -0.3 is 15.1 Å². The Kier molecular flexibility index (Phi) is 8.62. The number of carbonyl (C=O) groups excluding carboxylic acids is 1. The number of rotatable bonds is 10. The zero-order chi connectivity index (χ0) is 15.5. The normalized spacial score (nSPS) is 10.9. The van der Waals surface area contributed by atoms with Gasteiger partial charge in [-0.15, -0.1) is 0 Å². The molecule has 1 aromatic rings. The van der Waals surface area contributed by atoms with Gasteiger partial charge in [0.15, 0.2) is 0 Å². The van der Waals surface area contributed by atoms with Crippen molar-refractivity contribution in [2.45, 2.75) is 19.3 Å². The summed E-state index contributed by atoms with van der Waals surface area (Å²) in [6.07, 6.45) is 6.12. The zero-order valence-corrected chi connectivity index (χ0v) is 13.5. The van der Waals surface area contributed by atoms with E-state index in [1.54, 1.807) is 12.4 Å². The van der Waals surface area contributed by atoms with E-state index in [4.69, 9.17) is 0 Å². The third-order valence-corrected chi connectivity index (χ3v) is 3.39. The summed E-state index contributed by atoms with van der Waals surface area (Å²) in [5, 5.41) is 3.32. The van der Waals surface area contributed by atoms with Crippen molar-refractivity contribution in [1.82, 2.24) is 20.1 Å². The molecule has 1 N–H and O–H groups in total. The number of likely N-dealkylation sites (N-methyl/N-ethyl adjacent to an activating group) is 1. The van der Waals surface area contributed by atoms with E-state index in [1.165, 1.54) is 5.56 Å². The lowest BCUT2D eigenvalue weighted by Crippen LogP contribution is -2.32. The van der Waals surface area contributed by atoms with Crippen LogP contribution in [0, 0.1) is 0 Å². The number of hydrogen-bond acceptors (Lipinski definition) is 4. The monoisotopic (exact) mass is 292 g/mol. The van der Waals surface area contributed by atoms with Crippen LogP contribution in [0.2, 0.25) is 0 Å². The molecule has 5 heteroatoms. The molecule has 1 amide bonds. The minimum absolute atomic E-state index is 0.198. The largest absolute Gasteiger partial charge is 0.345 e. The number of pyridine rings is 1. The molecule has 0 unspecified atom stereocenters. The first-order chi connectivity index (χ1) is 10.1. The molecule has 0 radical (unpaired) electrons. The molecular weight excluding hydrogens is 264 g/mol. The van der Waals surface area contributed by atoms with Gasteiger partial charge in [0, 0.05) is 39.0 Å². The molecule has 0 fully saturated rings. The maximum absolute atomic E-state index is 12.0. The van der Waals surface area contributed by atoms with Gasteiger partial charge in [0.05, 0.1) is 0 Å². The Balaban J connectivity index is 2.08. The quantitative estimate of drug-likeness (QED) is 0.654. The fourth-order valence-corrected chi connectivity index (χ4v) is 2.00. The molecule has 0 aromatic carbocycles. The van der Waals surface area contributed by atoms with Gasteiger partial charge in [-0.3, -0.25) is 9.78 Å². The highest BCUT2D eigenvalue weighted by molar-refractivity contribution is 5.76. The van der Waals surface area contributed by atoms with Gasteiger partial charge in [-0.1, -0.05) is 0 Å². The SMILES string of the molecule is CN(C)CCCNCCC(=O)N(C)CCc1ccncc1. The average molecular weight is 292 g/mol. The average Bonchev–Trinajstić information content (AvgIpc) is 2.48. The van der Waals surface area contributed by atoms with Crippen molar-refractivity contribution in [1.29, 1.82) is 0 Å². The first kappa shape index (κ1) is 17.6. The molecule has 118 valence electrons. The van der Waals surface area contributed by atoms with E-state index in [-0.39, 0.29) is 5.91 Å². The van der Waals surface area contributed by atoms with E-state index in [1.807, 2.05) is 24.1 Å². The van der Waals surface area contributed by atoms with Crippen LogP contribution in [0.3, 0.4) is 0 Å². The highest BCUT2D eigenvalue weighted by Gasteiger charge is 2.07. The molecule has 0 atom stereocenters. The highest BCUT2D eigenvalue weighted by atomic mass is 16.2. The lowest BCUT2D eigenvalue weighted by Gasteiger charge is -2.17. The fraction of sp³-hybridized carbons (Fsp3) is 0.625. The third kappa shape index (κ3) is 8.42. The van der Waals surface area contributed by atoms with E-state index in [0.29, 0.717) is 6.42 Å². The van der Waals surface area contributed by atoms with Gasteiger partial charge in [-0.05, 0) is 57.7 Å². The Morgan fingerprint density at radius 3 is 2.52 bits per heavy atom. The second-order valence-electron chi connectivity index (χ2n) is 5.58. The molecule has 0 aliphatic heterocycles. The van der Waals surface area contributed by atoms with E-state index in [0.717, 1.165) is 39.0 Å². The van der Waals surface area contributed by atoms with E-state index in [9.17, 15) is 4.79 Å². The van der Waals surface area contributed by atoms with Crippen LogP contribution in [0.4, 0.5) is 0 Å². The summed E-state index contributed by atoms with van der Waals surface area (Å²) in [6, 6.07) is 3.98. The molecule has 0 saturated carbocycles. The van der Waals surface area contributed by atoms with Gasteiger partial charge in [0.1, 0.15) is 0 Å². The molecule has 1 heterocycles. The van der Waals surface area contributed by atoms with Crippen molar-refractivity contribution >= 4 is 5.91 Å². The summed E-state index contributed by atoms with van der Waals surface area (Å²) >= 11 is 0. The molecule has 0 saturated heterocycles. The molecule has 5 nitrogen and oxygen atoms in total. The van der Waals surface area contributed by atoms with Crippen LogP contribution in [0.5, 0.6) is 0 Å². The van der Waals surface area contributed by atoms with Gasteiger partial charge in [0.25, 0.3) is 0 Å². The fourth-order valence-electron chi connectivity index (χ4n) is 2.00. The van der Waals surface area contributed by atoms with E-state index >= 15 is 0 Å². The van der Waals surface area contributed by atoms with Crippen LogP contribution in [0.15, 0.2) is 24.5 Å². The molecule has 0 aliphatic rings. The summed E-state index contributed by atoms with van der Waals surface area (Å²) < 4.78 is 0. The molecule has 1 aromatic heterocycles. The summed E-state index contributed by atoms with van der Waals surface area (Å²) in [5.41, 5.74) is 1.21. The summed E-state index contributed by atoms with van der Waals surface area (Å²) in [5.74, 6) is 0.198. The summed E-state index contributed by atoms with van der Waals surface area (Å²) in [7, 11) is 6.01. The Bertz CT molecular complexity index is 395. The van der Waals surface area contributed by atoms with Crippen molar-refractivity contribution in [3.8, 4) is 0 Å². The molecule has 0 bridgehead atoms. The van der Waals surface area contributed by atoms with Crippen molar-refractivity contribution in [2.24, 2.45) is 0 Å². The number of aromatic nitrogens is 1. The van der Waals surface area contributed by atoms with E-state index in [2.05, 4.69) is 29.3 Å². The molecule has 21 heavy (non-hydrogen) atoms. The van der Waals surface area contributed by atoms with Gasteiger partial charge in [-0.2, -0.15) is 0 Å². The lowest BCUT2D eigenvalue weighted by atomic mass is 10.2. The van der Waals surface area contributed by atoms with Crippen LogP contribution in [0.25, 0.3) is 0 Å². The molecule has 1 rings (SSSR count). The van der Waals surface area contributed by atoms with Crippen LogP contribution >= 0.6 is 0 Å². The minimum Gasteiger partial charge on any atom is -0.345 e. The van der Waals surface area contributed by atoms with Crippen molar-refractivity contribution < 1.29 is 4.79 Å². The Hall–Kier alpha value is -1.46. The number of carbonyl (C=O) groups is 1. The van der Waals surface area contributed by atoms with Crippen LogP contribution in [-0.2, 0) is 11.2 Å². The molecule has 0 spiro atoms. The number of nitrogens with one attached hydrogen (secondary N) is 1. The second-order valence-corrected chi connectivity index (χ2v) is 5.58. The maximum atomic E-state index is 12.0. The standard InChI is InChI=1S/C16H28N4O/c1-19(2)13-4-9-17-12-7-16(21)20(3)14-8-15-5-10-18-11-6-15/h5-6,10-11,17H,4,7-9,12-14H2,1-3H3. The van der Waals surface area contributed by atoms with Gasteiger partial charge in [0.2, 0.25) is 5.91 Å². The van der Waals surface area contributed by atoms with Crippen LogP contribution < -0.4 is 5.32 Å². The van der Waals surface area contributed by atoms with Crippen molar-refractivity contribution in [2.75, 3.05) is 47.3 Å². The van der Waals surface area contributed by atoms with Gasteiger partial charge >= 0.3 is 0 Å². The lowest BCUT2D eigenvalue weighted by molar-refractivity contribution is -0.129. The number of nitrogens with zero attached hydrogens (tertiary/aromatic N) is 3. The minimum atomic E-state index is 0.198. The van der Waals surface area contributed by atoms with Gasteiger partial charge in [-0.25, -0.2) is 0 Å². The first-order valence-electron chi connectivity index (χ1n) is 7.58. The van der Waals surface area contributed by atoms with Crippen LogP contribution in [0.1, 0.15) is 18.4 Å². The topological polar surface area (TPSA) is 48.5 Å². The Morgan fingerprint density at radius 1 is 1.14 bits per heavy atom. The first-order valence-corrected chi connectivity index (χ1v) is 7.58. The number of hydrogen-bond donors (Lipinski definition) is 1. The van der Waals surface area contributed by atoms with E-state index < -0.39 is 0 Å². The molecular formula is C16H28N4O. The highest BCUT2D eigenvalue weighted by Crippen LogP contribution is 2.00. The van der Waals surface area contributed by atoms with Crippen LogP contribution in [-0.4, -0.2) is 68.0 Å². The smallest absolute Gasteiger partial charge is 0.223 e. The molecule has 0 aliphatic carbocycles. The Labute approximate surface area is 128 Å². The predicted octanol–water partition coefficient (Wildman–Crippen LogP) is 1.01. The summed E-state index contributed by atoms with van der Waals surface area (Å²) in [4.78, 5) is 19.9. The third-order valence-electron chi connectivity index (χ3n) is 3.39. The predicted molar refractivity (Wildman–Crippen MR) is 86.2 cm³/mol. The summed E-state index contributed by atoms with van der Waals surface area (Å²) in [6.45, 7) is 3.55. The number of amides is 1. The van der Waals surface area contributed by atoms with Crippen molar-refractivity contribution in [3.05, 3.63) is 30.1 Å². The van der Waals surface area contributed by atoms with Crippen molar-refractivity contribution in [3.63, 3.8) is 0 Å². The Morgan fingerprint density at radius 2 is 1.86 bits per heavy atom. The zero-order valence-electron chi connectivity index (χ0n) is 13.5.